The van der Waals surface area contributed by atoms with Crippen molar-refractivity contribution < 1.29 is 9.72 Å². The Bertz CT molecular complexity index is 663. The Labute approximate surface area is 115 Å². The molecule has 1 aromatic carbocycles. The maximum Gasteiger partial charge on any atom is 0.273 e. The van der Waals surface area contributed by atoms with Gasteiger partial charge in [0.25, 0.3) is 11.6 Å². The second-order valence-electron chi connectivity index (χ2n) is 4.34. The van der Waals surface area contributed by atoms with Crippen molar-refractivity contribution in [1.29, 1.82) is 0 Å². The number of nitrogens with one attached hydrogen (secondary N) is 1. The van der Waals surface area contributed by atoms with Gasteiger partial charge in [0.1, 0.15) is 0 Å². The van der Waals surface area contributed by atoms with Gasteiger partial charge in [-0.2, -0.15) is 5.10 Å². The van der Waals surface area contributed by atoms with Crippen LogP contribution >= 0.6 is 0 Å². The number of nitro groups is 1. The van der Waals surface area contributed by atoms with Crippen molar-refractivity contribution in [3.63, 3.8) is 0 Å². The molecule has 0 fully saturated rings. The summed E-state index contributed by atoms with van der Waals surface area (Å²) in [5.74, 6) is -0.340. The third kappa shape index (κ3) is 2.66. The number of carbonyl (C=O) groups is 1. The number of aromatic nitrogens is 2. The number of hydrogen-bond acceptors (Lipinski definition) is 4. The highest BCUT2D eigenvalue weighted by Gasteiger charge is 2.17. The molecular weight excluding hydrogens is 260 g/mol. The zero-order chi connectivity index (χ0) is 14.7. The minimum atomic E-state index is -0.493. The van der Waals surface area contributed by atoms with Crippen LogP contribution in [0.2, 0.25) is 0 Å². The average Bonchev–Trinajstić information content (AvgIpc) is 2.81. The summed E-state index contributed by atoms with van der Waals surface area (Å²) in [6.45, 7) is 1.88. The van der Waals surface area contributed by atoms with Crippen molar-refractivity contribution >= 4 is 11.6 Å². The average molecular weight is 274 g/mol. The predicted molar refractivity (Wildman–Crippen MR) is 72.2 cm³/mol. The standard InChI is InChI=1S/C13H14N4O3/c1-9-11(4-3-5-12(9)17(19)20)13(18)14-8-10-6-7-15-16(10)2/h3-7H,8H2,1-2H3,(H,14,18). The Kier molecular flexibility index (Phi) is 3.79. The molecule has 0 radical (unpaired) electrons. The van der Waals surface area contributed by atoms with Crippen LogP contribution in [0.25, 0.3) is 0 Å². The lowest BCUT2D eigenvalue weighted by atomic mass is 10.1. The zero-order valence-electron chi connectivity index (χ0n) is 11.2. The first-order chi connectivity index (χ1) is 9.50. The molecule has 1 amide bonds. The minimum absolute atomic E-state index is 0.0572. The van der Waals surface area contributed by atoms with E-state index < -0.39 is 4.92 Å². The van der Waals surface area contributed by atoms with Gasteiger partial charge in [0.15, 0.2) is 0 Å². The molecule has 0 saturated heterocycles. The molecule has 20 heavy (non-hydrogen) atoms. The van der Waals surface area contributed by atoms with Crippen molar-refractivity contribution in [3.05, 3.63) is 57.4 Å². The highest BCUT2D eigenvalue weighted by Crippen LogP contribution is 2.20. The number of benzene rings is 1. The number of nitro benzene ring substituents is 1. The van der Waals surface area contributed by atoms with Crippen molar-refractivity contribution in [3.8, 4) is 0 Å². The maximum atomic E-state index is 12.1. The molecule has 104 valence electrons. The molecule has 0 aliphatic rings. The third-order valence-corrected chi connectivity index (χ3v) is 3.10. The molecule has 1 aromatic heterocycles. The van der Waals surface area contributed by atoms with Gasteiger partial charge in [0, 0.05) is 30.4 Å². The van der Waals surface area contributed by atoms with Crippen molar-refractivity contribution in [1.82, 2.24) is 15.1 Å². The van der Waals surface area contributed by atoms with Crippen LogP contribution in [0.15, 0.2) is 30.5 Å². The summed E-state index contributed by atoms with van der Waals surface area (Å²) in [6, 6.07) is 6.25. The van der Waals surface area contributed by atoms with Gasteiger partial charge in [-0.05, 0) is 19.1 Å². The van der Waals surface area contributed by atoms with Crippen LogP contribution in [-0.4, -0.2) is 20.6 Å². The van der Waals surface area contributed by atoms with Gasteiger partial charge >= 0.3 is 0 Å². The van der Waals surface area contributed by atoms with Crippen LogP contribution in [0, 0.1) is 17.0 Å². The Hall–Kier alpha value is -2.70. The zero-order valence-corrected chi connectivity index (χ0v) is 11.2. The topological polar surface area (TPSA) is 90.1 Å². The van der Waals surface area contributed by atoms with Crippen LogP contribution in [0.3, 0.4) is 0 Å². The first-order valence-corrected chi connectivity index (χ1v) is 6.00. The molecule has 1 N–H and O–H groups in total. The quantitative estimate of drug-likeness (QED) is 0.676. The molecule has 0 saturated carbocycles. The smallest absolute Gasteiger partial charge is 0.273 e. The van der Waals surface area contributed by atoms with Crippen molar-refractivity contribution in [2.24, 2.45) is 7.05 Å². The van der Waals surface area contributed by atoms with Crippen molar-refractivity contribution in [2.45, 2.75) is 13.5 Å². The Morgan fingerprint density at radius 2 is 2.20 bits per heavy atom. The maximum absolute atomic E-state index is 12.1. The molecule has 0 unspecified atom stereocenters. The Balaban J connectivity index is 2.16. The van der Waals surface area contributed by atoms with E-state index in [1.165, 1.54) is 12.1 Å². The Morgan fingerprint density at radius 1 is 1.45 bits per heavy atom. The van der Waals surface area contributed by atoms with Gasteiger partial charge < -0.3 is 5.32 Å². The van der Waals surface area contributed by atoms with E-state index in [-0.39, 0.29) is 11.6 Å². The van der Waals surface area contributed by atoms with Gasteiger partial charge in [-0.15, -0.1) is 0 Å². The van der Waals surface area contributed by atoms with Gasteiger partial charge in [-0.25, -0.2) is 0 Å². The van der Waals surface area contributed by atoms with Gasteiger partial charge in [0.2, 0.25) is 0 Å². The molecule has 0 atom stereocenters. The van der Waals surface area contributed by atoms with Crippen molar-refractivity contribution in [2.75, 3.05) is 0 Å². The second kappa shape index (κ2) is 5.52. The van der Waals surface area contributed by atoms with E-state index in [4.69, 9.17) is 0 Å². The highest BCUT2D eigenvalue weighted by atomic mass is 16.6. The monoisotopic (exact) mass is 274 g/mol. The van der Waals surface area contributed by atoms with Crippen LogP contribution < -0.4 is 5.32 Å². The first-order valence-electron chi connectivity index (χ1n) is 6.00. The third-order valence-electron chi connectivity index (χ3n) is 3.10. The molecule has 0 aliphatic heterocycles. The summed E-state index contributed by atoms with van der Waals surface area (Å²) < 4.78 is 1.65. The largest absolute Gasteiger partial charge is 0.346 e. The number of amides is 1. The first kappa shape index (κ1) is 13.7. The summed E-state index contributed by atoms with van der Waals surface area (Å²) in [4.78, 5) is 22.4. The van der Waals surface area contributed by atoms with E-state index in [0.29, 0.717) is 17.7 Å². The SMILES string of the molecule is Cc1c(C(=O)NCc2ccnn2C)cccc1[N+](=O)[O-]. The normalized spacial score (nSPS) is 10.3. The number of carbonyl (C=O) groups excluding carboxylic acids is 1. The fraction of sp³-hybridized carbons (Fsp3) is 0.231. The van der Waals surface area contributed by atoms with Crippen LogP contribution in [0.5, 0.6) is 0 Å². The van der Waals surface area contributed by atoms with Gasteiger partial charge in [-0.1, -0.05) is 6.07 Å². The lowest BCUT2D eigenvalue weighted by Crippen LogP contribution is -2.25. The molecule has 2 rings (SSSR count). The number of aryl methyl sites for hydroxylation is 1. The molecule has 0 aliphatic carbocycles. The molecular formula is C13H14N4O3. The summed E-state index contributed by atoms with van der Waals surface area (Å²) in [6.07, 6.45) is 1.64. The lowest BCUT2D eigenvalue weighted by molar-refractivity contribution is -0.385. The minimum Gasteiger partial charge on any atom is -0.346 e. The predicted octanol–water partition coefficient (Wildman–Crippen LogP) is 1.57. The molecule has 1 heterocycles. The molecule has 7 nitrogen and oxygen atoms in total. The second-order valence-corrected chi connectivity index (χ2v) is 4.34. The van der Waals surface area contributed by atoms with Gasteiger partial charge in [0.05, 0.1) is 17.2 Å². The van der Waals surface area contributed by atoms with Crippen LogP contribution in [-0.2, 0) is 13.6 Å². The highest BCUT2D eigenvalue weighted by molar-refractivity contribution is 5.96. The lowest BCUT2D eigenvalue weighted by Gasteiger charge is -2.08. The van der Waals surface area contributed by atoms with E-state index in [1.807, 2.05) is 0 Å². The van der Waals surface area contributed by atoms with E-state index >= 15 is 0 Å². The number of hydrogen-bond donors (Lipinski definition) is 1. The van der Waals surface area contributed by atoms with E-state index in [1.54, 1.807) is 37.0 Å². The summed E-state index contributed by atoms with van der Waals surface area (Å²) in [5.41, 5.74) is 1.46. The van der Waals surface area contributed by atoms with Crippen LogP contribution in [0.4, 0.5) is 5.69 Å². The van der Waals surface area contributed by atoms with E-state index in [2.05, 4.69) is 10.4 Å². The molecule has 2 aromatic rings. The Morgan fingerprint density at radius 3 is 2.80 bits per heavy atom. The number of nitrogens with zero attached hydrogens (tertiary/aromatic N) is 3. The van der Waals surface area contributed by atoms with E-state index in [9.17, 15) is 14.9 Å². The molecule has 0 spiro atoms. The summed E-state index contributed by atoms with van der Waals surface area (Å²) >= 11 is 0. The summed E-state index contributed by atoms with van der Waals surface area (Å²) in [5, 5.41) is 17.6. The molecule has 7 heteroatoms. The van der Waals surface area contributed by atoms with Crippen LogP contribution in [0.1, 0.15) is 21.6 Å². The van der Waals surface area contributed by atoms with Gasteiger partial charge in [-0.3, -0.25) is 19.6 Å². The fourth-order valence-electron chi connectivity index (χ4n) is 1.91. The van der Waals surface area contributed by atoms with E-state index in [0.717, 1.165) is 5.69 Å². The fourth-order valence-corrected chi connectivity index (χ4v) is 1.91. The number of rotatable bonds is 4. The summed E-state index contributed by atoms with van der Waals surface area (Å²) in [7, 11) is 1.78. The molecule has 0 bridgehead atoms.